The molecule has 5 heteroatoms. The van der Waals surface area contributed by atoms with Gasteiger partial charge in [-0.2, -0.15) is 0 Å². The summed E-state index contributed by atoms with van der Waals surface area (Å²) in [6.07, 6.45) is 1.16. The van der Waals surface area contributed by atoms with Gasteiger partial charge in [-0.25, -0.2) is 4.79 Å². The van der Waals surface area contributed by atoms with Gasteiger partial charge in [0.1, 0.15) is 0 Å². The van der Waals surface area contributed by atoms with Gasteiger partial charge < -0.3 is 10.2 Å². The largest absolute Gasteiger partial charge is 0.322 e. The van der Waals surface area contributed by atoms with Crippen molar-refractivity contribution in [2.45, 2.75) is 26.3 Å². The van der Waals surface area contributed by atoms with Crippen LogP contribution in [0, 0.1) is 0 Å². The average Bonchev–Trinajstić information content (AvgIpc) is 2.49. The maximum atomic E-state index is 12.2. The summed E-state index contributed by atoms with van der Waals surface area (Å²) in [7, 11) is 0. The third-order valence-corrected chi connectivity index (χ3v) is 4.62. The predicted octanol–water partition coefficient (Wildman–Crippen LogP) is 3.40. The van der Waals surface area contributed by atoms with Gasteiger partial charge in [-0.3, -0.25) is 4.90 Å². The molecule has 110 valence electrons. The minimum Gasteiger partial charge on any atom is -0.322 e. The van der Waals surface area contributed by atoms with E-state index in [1.54, 1.807) is 0 Å². The minimum absolute atomic E-state index is 0.0132. The molecule has 20 heavy (non-hydrogen) atoms. The molecular formula is C15H22BrN3O. The Morgan fingerprint density at radius 1 is 1.30 bits per heavy atom. The molecule has 2 rings (SSSR count). The molecule has 1 unspecified atom stereocenters. The summed E-state index contributed by atoms with van der Waals surface area (Å²) in [5.74, 6) is 0. The first-order chi connectivity index (χ1) is 9.61. The lowest BCUT2D eigenvalue weighted by Crippen LogP contribution is -2.52. The molecule has 1 aromatic rings. The van der Waals surface area contributed by atoms with Gasteiger partial charge in [0.05, 0.1) is 5.69 Å². The summed E-state index contributed by atoms with van der Waals surface area (Å²) < 4.78 is 0.909. The van der Waals surface area contributed by atoms with Gasteiger partial charge in [0.25, 0.3) is 0 Å². The van der Waals surface area contributed by atoms with Gasteiger partial charge in [0.15, 0.2) is 0 Å². The number of halogens is 1. The zero-order valence-corrected chi connectivity index (χ0v) is 13.7. The third-order valence-electron chi connectivity index (χ3n) is 3.93. The SMILES string of the molecule is CCC(C)N1CCN(C(=O)Nc2ccccc2Br)CC1. The van der Waals surface area contributed by atoms with Crippen LogP contribution < -0.4 is 5.32 Å². The number of hydrogen-bond acceptors (Lipinski definition) is 2. The standard InChI is InChI=1S/C15H22BrN3O/c1-3-12(2)18-8-10-19(11-9-18)15(20)17-14-7-5-4-6-13(14)16/h4-7,12H,3,8-11H2,1-2H3,(H,17,20). The van der Waals surface area contributed by atoms with Crippen LogP contribution in [-0.4, -0.2) is 48.1 Å². The fourth-order valence-electron chi connectivity index (χ4n) is 2.38. The van der Waals surface area contributed by atoms with Crippen LogP contribution in [0.25, 0.3) is 0 Å². The number of carbonyl (C=O) groups excluding carboxylic acids is 1. The normalized spacial score (nSPS) is 17.9. The van der Waals surface area contributed by atoms with Gasteiger partial charge >= 0.3 is 6.03 Å². The number of hydrogen-bond donors (Lipinski definition) is 1. The minimum atomic E-state index is -0.0132. The predicted molar refractivity (Wildman–Crippen MR) is 86.1 cm³/mol. The van der Waals surface area contributed by atoms with Crippen molar-refractivity contribution >= 4 is 27.6 Å². The Morgan fingerprint density at radius 3 is 2.55 bits per heavy atom. The number of carbonyl (C=O) groups is 1. The lowest BCUT2D eigenvalue weighted by Gasteiger charge is -2.37. The number of rotatable bonds is 3. The van der Waals surface area contributed by atoms with Crippen LogP contribution in [0.2, 0.25) is 0 Å². The maximum absolute atomic E-state index is 12.2. The second kappa shape index (κ2) is 7.09. The lowest BCUT2D eigenvalue weighted by molar-refractivity contribution is 0.117. The highest BCUT2D eigenvalue weighted by molar-refractivity contribution is 9.10. The van der Waals surface area contributed by atoms with Crippen LogP contribution in [0.3, 0.4) is 0 Å². The highest BCUT2D eigenvalue weighted by Crippen LogP contribution is 2.21. The van der Waals surface area contributed by atoms with E-state index in [4.69, 9.17) is 0 Å². The van der Waals surface area contributed by atoms with Gasteiger partial charge in [0, 0.05) is 36.7 Å². The van der Waals surface area contributed by atoms with E-state index in [1.165, 1.54) is 0 Å². The van der Waals surface area contributed by atoms with Crippen molar-refractivity contribution in [3.8, 4) is 0 Å². The van der Waals surface area contributed by atoms with E-state index < -0.39 is 0 Å². The van der Waals surface area contributed by atoms with Crippen LogP contribution in [0.15, 0.2) is 28.7 Å². The summed E-state index contributed by atoms with van der Waals surface area (Å²) >= 11 is 3.45. The van der Waals surface area contributed by atoms with Crippen molar-refractivity contribution in [2.75, 3.05) is 31.5 Å². The van der Waals surface area contributed by atoms with Crippen molar-refractivity contribution in [1.29, 1.82) is 0 Å². The molecule has 0 aliphatic carbocycles. The molecule has 1 fully saturated rings. The van der Waals surface area contributed by atoms with E-state index in [2.05, 4.69) is 40.0 Å². The van der Waals surface area contributed by atoms with E-state index >= 15 is 0 Å². The molecule has 1 saturated heterocycles. The Bertz CT molecular complexity index is 458. The summed E-state index contributed by atoms with van der Waals surface area (Å²) in [6.45, 7) is 7.95. The molecular weight excluding hydrogens is 318 g/mol. The quantitative estimate of drug-likeness (QED) is 0.915. The number of benzene rings is 1. The molecule has 4 nitrogen and oxygen atoms in total. The number of anilines is 1. The first-order valence-corrected chi connectivity index (χ1v) is 7.95. The summed E-state index contributed by atoms with van der Waals surface area (Å²) in [6, 6.07) is 8.27. The number of nitrogens with zero attached hydrogens (tertiary/aromatic N) is 2. The van der Waals surface area contributed by atoms with Crippen LogP contribution >= 0.6 is 15.9 Å². The first kappa shape index (κ1) is 15.3. The number of para-hydroxylation sites is 1. The molecule has 1 aliphatic heterocycles. The van der Waals surface area contributed by atoms with Gasteiger partial charge in [0.2, 0.25) is 0 Å². The molecule has 1 heterocycles. The van der Waals surface area contributed by atoms with E-state index in [0.29, 0.717) is 6.04 Å². The second-order valence-electron chi connectivity index (χ2n) is 5.19. The zero-order chi connectivity index (χ0) is 14.5. The molecule has 0 aromatic heterocycles. The highest BCUT2D eigenvalue weighted by atomic mass is 79.9. The smallest absolute Gasteiger partial charge is 0.321 e. The van der Waals surface area contributed by atoms with E-state index in [1.807, 2.05) is 29.2 Å². The fourth-order valence-corrected chi connectivity index (χ4v) is 2.76. The van der Waals surface area contributed by atoms with Gasteiger partial charge in [-0.15, -0.1) is 0 Å². The van der Waals surface area contributed by atoms with Crippen molar-refractivity contribution in [1.82, 2.24) is 9.80 Å². The van der Waals surface area contributed by atoms with Crippen LogP contribution in [0.4, 0.5) is 10.5 Å². The Balaban J connectivity index is 1.88. The van der Waals surface area contributed by atoms with Gasteiger partial charge in [-0.05, 0) is 41.4 Å². The molecule has 0 saturated carbocycles. The summed E-state index contributed by atoms with van der Waals surface area (Å²) in [5, 5.41) is 2.96. The zero-order valence-electron chi connectivity index (χ0n) is 12.1. The lowest BCUT2D eigenvalue weighted by atomic mass is 10.2. The van der Waals surface area contributed by atoms with Crippen LogP contribution in [0.1, 0.15) is 20.3 Å². The Kier molecular flexibility index (Phi) is 5.43. The molecule has 2 amide bonds. The molecule has 1 atom stereocenters. The Morgan fingerprint density at radius 2 is 1.95 bits per heavy atom. The molecule has 0 radical (unpaired) electrons. The topological polar surface area (TPSA) is 35.6 Å². The number of piperazine rings is 1. The molecule has 1 aliphatic rings. The molecule has 1 N–H and O–H groups in total. The van der Waals surface area contributed by atoms with Crippen molar-refractivity contribution in [2.24, 2.45) is 0 Å². The molecule has 0 spiro atoms. The highest BCUT2D eigenvalue weighted by Gasteiger charge is 2.23. The van der Waals surface area contributed by atoms with Crippen molar-refractivity contribution in [3.63, 3.8) is 0 Å². The van der Waals surface area contributed by atoms with Crippen LogP contribution in [-0.2, 0) is 0 Å². The fraction of sp³-hybridized carbons (Fsp3) is 0.533. The number of nitrogens with one attached hydrogen (secondary N) is 1. The molecule has 1 aromatic carbocycles. The van der Waals surface area contributed by atoms with E-state index in [9.17, 15) is 4.79 Å². The number of urea groups is 1. The second-order valence-corrected chi connectivity index (χ2v) is 6.04. The molecule has 0 bridgehead atoms. The average molecular weight is 340 g/mol. The number of amides is 2. The van der Waals surface area contributed by atoms with Crippen molar-refractivity contribution < 1.29 is 4.79 Å². The van der Waals surface area contributed by atoms with E-state index in [-0.39, 0.29) is 6.03 Å². The summed E-state index contributed by atoms with van der Waals surface area (Å²) in [4.78, 5) is 16.6. The van der Waals surface area contributed by atoms with Crippen molar-refractivity contribution in [3.05, 3.63) is 28.7 Å². The Labute approximate surface area is 129 Å². The maximum Gasteiger partial charge on any atom is 0.321 e. The van der Waals surface area contributed by atoms with Crippen LogP contribution in [0.5, 0.6) is 0 Å². The van der Waals surface area contributed by atoms with E-state index in [0.717, 1.165) is 42.8 Å². The van der Waals surface area contributed by atoms with Gasteiger partial charge in [-0.1, -0.05) is 19.1 Å². The summed E-state index contributed by atoms with van der Waals surface area (Å²) in [5.41, 5.74) is 0.821. The Hall–Kier alpha value is -1.07. The third kappa shape index (κ3) is 3.73. The monoisotopic (exact) mass is 339 g/mol. The first-order valence-electron chi connectivity index (χ1n) is 7.16.